The van der Waals surface area contributed by atoms with Crippen LogP contribution in [0.15, 0.2) is 24.3 Å². The first-order valence-corrected chi connectivity index (χ1v) is 7.09. The van der Waals surface area contributed by atoms with E-state index in [2.05, 4.69) is 16.5 Å². The molecule has 19 heavy (non-hydrogen) atoms. The van der Waals surface area contributed by atoms with Gasteiger partial charge >= 0.3 is 0 Å². The van der Waals surface area contributed by atoms with Gasteiger partial charge in [-0.25, -0.2) is 10.8 Å². The van der Waals surface area contributed by atoms with E-state index in [0.29, 0.717) is 10.8 Å². The molecule has 1 heterocycles. The van der Waals surface area contributed by atoms with E-state index in [0.717, 1.165) is 29.1 Å². The SMILES string of the molecule is Cc1cccc(-c2nc(C3CC3)c(C(=O)NN)s2)c1. The molecule has 1 aromatic carbocycles. The van der Waals surface area contributed by atoms with Gasteiger partial charge in [0, 0.05) is 11.5 Å². The van der Waals surface area contributed by atoms with E-state index in [1.54, 1.807) is 0 Å². The zero-order chi connectivity index (χ0) is 13.4. The lowest BCUT2D eigenvalue weighted by molar-refractivity contribution is 0.0956. The van der Waals surface area contributed by atoms with Crippen molar-refractivity contribution in [2.24, 2.45) is 5.84 Å². The first-order valence-electron chi connectivity index (χ1n) is 6.27. The lowest BCUT2D eigenvalue weighted by Crippen LogP contribution is -2.29. The van der Waals surface area contributed by atoms with Crippen LogP contribution in [0.4, 0.5) is 0 Å². The molecule has 1 aliphatic rings. The van der Waals surface area contributed by atoms with Crippen molar-refractivity contribution < 1.29 is 4.79 Å². The number of benzene rings is 1. The van der Waals surface area contributed by atoms with Crippen molar-refractivity contribution in [3.63, 3.8) is 0 Å². The van der Waals surface area contributed by atoms with Crippen LogP contribution in [0, 0.1) is 6.92 Å². The summed E-state index contributed by atoms with van der Waals surface area (Å²) in [5, 5.41) is 0.893. The fraction of sp³-hybridized carbons (Fsp3) is 0.286. The lowest BCUT2D eigenvalue weighted by atomic mass is 10.1. The van der Waals surface area contributed by atoms with Gasteiger partial charge in [-0.05, 0) is 25.8 Å². The van der Waals surface area contributed by atoms with Gasteiger partial charge in [-0.1, -0.05) is 23.8 Å². The maximum Gasteiger partial charge on any atom is 0.277 e. The highest BCUT2D eigenvalue weighted by atomic mass is 32.1. The molecule has 0 atom stereocenters. The number of hydrogen-bond acceptors (Lipinski definition) is 4. The van der Waals surface area contributed by atoms with E-state index in [1.807, 2.05) is 25.1 Å². The number of thiazole rings is 1. The van der Waals surface area contributed by atoms with Gasteiger partial charge < -0.3 is 0 Å². The minimum Gasteiger partial charge on any atom is -0.289 e. The van der Waals surface area contributed by atoms with Gasteiger partial charge in [0.15, 0.2) is 0 Å². The number of carbonyl (C=O) groups excluding carboxylic acids is 1. The van der Waals surface area contributed by atoms with Gasteiger partial charge in [0.05, 0.1) is 5.69 Å². The van der Waals surface area contributed by atoms with E-state index < -0.39 is 0 Å². The van der Waals surface area contributed by atoms with E-state index in [9.17, 15) is 4.79 Å². The second-order valence-electron chi connectivity index (χ2n) is 4.85. The first kappa shape index (κ1) is 12.3. The predicted molar refractivity (Wildman–Crippen MR) is 75.9 cm³/mol. The van der Waals surface area contributed by atoms with Crippen molar-refractivity contribution in [1.29, 1.82) is 0 Å². The van der Waals surface area contributed by atoms with Crippen LogP contribution in [-0.4, -0.2) is 10.9 Å². The molecule has 0 bridgehead atoms. The number of rotatable bonds is 3. The van der Waals surface area contributed by atoms with Gasteiger partial charge in [0.25, 0.3) is 5.91 Å². The van der Waals surface area contributed by atoms with E-state index in [-0.39, 0.29) is 5.91 Å². The third-order valence-corrected chi connectivity index (χ3v) is 4.34. The Morgan fingerprint density at radius 2 is 2.26 bits per heavy atom. The second-order valence-corrected chi connectivity index (χ2v) is 5.85. The average molecular weight is 273 g/mol. The smallest absolute Gasteiger partial charge is 0.277 e. The molecule has 98 valence electrons. The Balaban J connectivity index is 2.05. The standard InChI is InChI=1S/C14H15N3OS/c1-8-3-2-4-10(7-8)14-16-11(9-5-6-9)12(19-14)13(18)17-15/h2-4,7,9H,5-6,15H2,1H3,(H,17,18). The summed E-state index contributed by atoms with van der Waals surface area (Å²) in [6, 6.07) is 8.16. The number of aryl methyl sites for hydroxylation is 1. The van der Waals surface area contributed by atoms with Crippen molar-refractivity contribution >= 4 is 17.2 Å². The number of nitrogens with zero attached hydrogens (tertiary/aromatic N) is 1. The number of hydrazine groups is 1. The van der Waals surface area contributed by atoms with Gasteiger partial charge in [-0.2, -0.15) is 0 Å². The van der Waals surface area contributed by atoms with Crippen molar-refractivity contribution in [3.05, 3.63) is 40.4 Å². The zero-order valence-corrected chi connectivity index (χ0v) is 11.5. The van der Waals surface area contributed by atoms with Crippen molar-refractivity contribution in [1.82, 2.24) is 10.4 Å². The molecule has 1 amide bonds. The summed E-state index contributed by atoms with van der Waals surface area (Å²) in [5.74, 6) is 5.44. The number of hydrogen-bond donors (Lipinski definition) is 2. The van der Waals surface area contributed by atoms with Crippen molar-refractivity contribution in [3.8, 4) is 10.6 Å². The third kappa shape index (κ3) is 2.39. The van der Waals surface area contributed by atoms with Crippen LogP contribution >= 0.6 is 11.3 Å². The van der Waals surface area contributed by atoms with Crippen LogP contribution in [0.1, 0.15) is 39.7 Å². The fourth-order valence-electron chi connectivity index (χ4n) is 2.10. The lowest BCUT2D eigenvalue weighted by Gasteiger charge is -1.97. The summed E-state index contributed by atoms with van der Waals surface area (Å²) < 4.78 is 0. The van der Waals surface area contributed by atoms with Gasteiger partial charge in [0.1, 0.15) is 9.88 Å². The molecule has 1 aromatic heterocycles. The minimum absolute atomic E-state index is 0.238. The van der Waals surface area contributed by atoms with Crippen molar-refractivity contribution in [2.75, 3.05) is 0 Å². The molecule has 0 radical (unpaired) electrons. The molecule has 1 fully saturated rings. The molecule has 0 aliphatic heterocycles. The van der Waals surface area contributed by atoms with Gasteiger partial charge in [-0.15, -0.1) is 11.3 Å². The Kier molecular flexibility index (Phi) is 3.08. The molecule has 3 N–H and O–H groups in total. The molecular weight excluding hydrogens is 258 g/mol. The summed E-state index contributed by atoms with van der Waals surface area (Å²) in [4.78, 5) is 17.1. The summed E-state index contributed by atoms with van der Waals surface area (Å²) in [7, 11) is 0. The minimum atomic E-state index is -0.238. The monoisotopic (exact) mass is 273 g/mol. The number of nitrogens with two attached hydrogens (primary N) is 1. The molecule has 5 heteroatoms. The summed E-state index contributed by atoms with van der Waals surface area (Å²) in [6.07, 6.45) is 2.23. The number of carbonyl (C=O) groups is 1. The third-order valence-electron chi connectivity index (χ3n) is 3.22. The van der Waals surface area contributed by atoms with Crippen LogP contribution < -0.4 is 11.3 Å². The van der Waals surface area contributed by atoms with Crippen LogP contribution in [0.3, 0.4) is 0 Å². The molecule has 0 saturated heterocycles. The molecule has 2 aromatic rings. The average Bonchev–Trinajstić information content (AvgIpc) is 3.17. The Hall–Kier alpha value is -1.72. The number of amides is 1. The van der Waals surface area contributed by atoms with Crippen LogP contribution in [0.25, 0.3) is 10.6 Å². The Labute approximate surface area is 115 Å². The highest BCUT2D eigenvalue weighted by Gasteiger charge is 2.32. The fourth-order valence-corrected chi connectivity index (χ4v) is 3.15. The Bertz CT molecular complexity index is 631. The molecule has 0 spiro atoms. The zero-order valence-electron chi connectivity index (χ0n) is 10.6. The number of aromatic nitrogens is 1. The Morgan fingerprint density at radius 3 is 2.89 bits per heavy atom. The predicted octanol–water partition coefficient (Wildman–Crippen LogP) is 2.60. The first-order chi connectivity index (χ1) is 9.19. The molecule has 0 unspecified atom stereocenters. The summed E-state index contributed by atoms with van der Waals surface area (Å²) >= 11 is 1.42. The number of nitrogen functional groups attached to an aromatic ring is 1. The molecule has 3 rings (SSSR count). The normalized spacial score (nSPS) is 14.4. The maximum atomic E-state index is 11.8. The largest absolute Gasteiger partial charge is 0.289 e. The highest BCUT2D eigenvalue weighted by molar-refractivity contribution is 7.17. The molecular formula is C14H15N3OS. The van der Waals surface area contributed by atoms with E-state index >= 15 is 0 Å². The quantitative estimate of drug-likeness (QED) is 0.513. The topological polar surface area (TPSA) is 68.0 Å². The van der Waals surface area contributed by atoms with Crippen LogP contribution in [0.5, 0.6) is 0 Å². The van der Waals surface area contributed by atoms with Crippen LogP contribution in [-0.2, 0) is 0 Å². The van der Waals surface area contributed by atoms with Gasteiger partial charge in [0.2, 0.25) is 0 Å². The molecule has 1 aliphatic carbocycles. The number of nitrogens with one attached hydrogen (secondary N) is 1. The van der Waals surface area contributed by atoms with Crippen molar-refractivity contribution in [2.45, 2.75) is 25.7 Å². The Morgan fingerprint density at radius 1 is 1.47 bits per heavy atom. The molecule has 4 nitrogen and oxygen atoms in total. The van der Waals surface area contributed by atoms with Crippen LogP contribution in [0.2, 0.25) is 0 Å². The second kappa shape index (κ2) is 4.75. The summed E-state index contributed by atoms with van der Waals surface area (Å²) in [6.45, 7) is 2.05. The maximum absolute atomic E-state index is 11.8. The van der Waals surface area contributed by atoms with E-state index in [1.165, 1.54) is 16.9 Å². The molecule has 1 saturated carbocycles. The van der Waals surface area contributed by atoms with Gasteiger partial charge in [-0.3, -0.25) is 10.2 Å². The summed E-state index contributed by atoms with van der Waals surface area (Å²) in [5.41, 5.74) is 5.36. The highest BCUT2D eigenvalue weighted by Crippen LogP contribution is 2.44. The van der Waals surface area contributed by atoms with E-state index in [4.69, 9.17) is 5.84 Å².